The Hall–Kier alpha value is -1.14. The molecule has 1 aliphatic rings. The van der Waals surface area contributed by atoms with Crippen LogP contribution in [-0.2, 0) is 4.74 Å². The van der Waals surface area contributed by atoms with Crippen LogP contribution in [-0.4, -0.2) is 41.2 Å². The molecule has 0 radical (unpaired) electrons. The standard InChI is InChI=1S/C14H23N3O2S/c1-4-11(12-15-6-9-20-12)16-13(18)17-7-8-19-14(3,5-2)10-17/h6,9,11H,4-5,7-8,10H2,1-3H3,(H,16,18)/t11-,14-/m0/s1. The van der Waals surface area contributed by atoms with Crippen molar-refractivity contribution in [1.82, 2.24) is 15.2 Å². The minimum Gasteiger partial charge on any atom is -0.372 e. The molecule has 0 unspecified atom stereocenters. The Morgan fingerprint density at radius 3 is 3.05 bits per heavy atom. The number of ether oxygens (including phenoxy) is 1. The molecule has 112 valence electrons. The number of aromatic nitrogens is 1. The third-order valence-corrected chi connectivity index (χ3v) is 4.72. The highest BCUT2D eigenvalue weighted by Gasteiger charge is 2.33. The maximum absolute atomic E-state index is 12.4. The van der Waals surface area contributed by atoms with E-state index >= 15 is 0 Å². The normalized spacial score (nSPS) is 24.4. The van der Waals surface area contributed by atoms with Gasteiger partial charge >= 0.3 is 6.03 Å². The number of rotatable bonds is 4. The smallest absolute Gasteiger partial charge is 0.318 e. The second-order valence-electron chi connectivity index (χ2n) is 5.35. The fourth-order valence-electron chi connectivity index (χ4n) is 2.30. The molecule has 5 nitrogen and oxygen atoms in total. The van der Waals surface area contributed by atoms with Crippen molar-refractivity contribution in [3.8, 4) is 0 Å². The van der Waals surface area contributed by atoms with E-state index in [9.17, 15) is 4.79 Å². The first-order valence-electron chi connectivity index (χ1n) is 7.16. The summed E-state index contributed by atoms with van der Waals surface area (Å²) in [6, 6.07) is -0.0201. The second kappa shape index (κ2) is 6.54. The number of morpholine rings is 1. The topological polar surface area (TPSA) is 54.5 Å². The summed E-state index contributed by atoms with van der Waals surface area (Å²) in [5.74, 6) is 0. The zero-order chi connectivity index (χ0) is 14.6. The molecule has 1 aliphatic heterocycles. The van der Waals surface area contributed by atoms with Crippen LogP contribution in [0.25, 0.3) is 0 Å². The molecule has 1 aromatic heterocycles. The number of hydrogen-bond acceptors (Lipinski definition) is 4. The average molecular weight is 297 g/mol. The van der Waals surface area contributed by atoms with Crippen molar-refractivity contribution in [3.63, 3.8) is 0 Å². The summed E-state index contributed by atoms with van der Waals surface area (Å²) in [5.41, 5.74) is -0.224. The van der Waals surface area contributed by atoms with Crippen LogP contribution in [0.2, 0.25) is 0 Å². The minimum absolute atomic E-state index is 0.00164. The van der Waals surface area contributed by atoms with Crippen LogP contribution in [0, 0.1) is 0 Å². The van der Waals surface area contributed by atoms with Gasteiger partial charge in [-0.15, -0.1) is 11.3 Å². The molecule has 1 fully saturated rings. The van der Waals surface area contributed by atoms with E-state index in [2.05, 4.69) is 31.1 Å². The molecule has 1 aromatic rings. The van der Waals surface area contributed by atoms with Crippen LogP contribution in [0.5, 0.6) is 0 Å². The highest BCUT2D eigenvalue weighted by Crippen LogP contribution is 2.23. The van der Waals surface area contributed by atoms with Gasteiger partial charge in [0.15, 0.2) is 0 Å². The van der Waals surface area contributed by atoms with Gasteiger partial charge in [0.2, 0.25) is 0 Å². The van der Waals surface area contributed by atoms with Crippen LogP contribution >= 0.6 is 11.3 Å². The van der Waals surface area contributed by atoms with Crippen LogP contribution in [0.3, 0.4) is 0 Å². The fraction of sp³-hybridized carbons (Fsp3) is 0.714. The highest BCUT2D eigenvalue weighted by atomic mass is 32.1. The number of amides is 2. The van der Waals surface area contributed by atoms with Crippen molar-refractivity contribution in [2.45, 2.75) is 45.3 Å². The van der Waals surface area contributed by atoms with Crippen LogP contribution in [0.4, 0.5) is 4.79 Å². The number of hydrogen-bond donors (Lipinski definition) is 1. The van der Waals surface area contributed by atoms with Crippen molar-refractivity contribution in [3.05, 3.63) is 16.6 Å². The molecule has 0 saturated carbocycles. The fourth-order valence-corrected chi connectivity index (χ4v) is 3.08. The predicted octanol–water partition coefficient (Wildman–Crippen LogP) is 2.80. The van der Waals surface area contributed by atoms with Gasteiger partial charge in [0.25, 0.3) is 0 Å². The van der Waals surface area contributed by atoms with Crippen LogP contribution in [0.15, 0.2) is 11.6 Å². The quantitative estimate of drug-likeness (QED) is 0.929. The summed E-state index contributed by atoms with van der Waals surface area (Å²) in [5, 5.41) is 5.98. The second-order valence-corrected chi connectivity index (χ2v) is 6.28. The maximum Gasteiger partial charge on any atom is 0.318 e. The lowest BCUT2D eigenvalue weighted by atomic mass is 10.0. The predicted molar refractivity (Wildman–Crippen MR) is 79.9 cm³/mol. The summed E-state index contributed by atoms with van der Waals surface area (Å²) in [6.45, 7) is 8.10. The van der Waals surface area contributed by atoms with Crippen molar-refractivity contribution < 1.29 is 9.53 Å². The number of carbonyl (C=O) groups is 1. The van der Waals surface area contributed by atoms with Crippen LogP contribution < -0.4 is 5.32 Å². The molecule has 2 rings (SSSR count). The van der Waals surface area contributed by atoms with E-state index in [-0.39, 0.29) is 17.7 Å². The molecule has 0 aromatic carbocycles. The zero-order valence-corrected chi connectivity index (χ0v) is 13.2. The first-order chi connectivity index (χ1) is 9.58. The number of thiazole rings is 1. The van der Waals surface area contributed by atoms with Crippen molar-refractivity contribution in [2.24, 2.45) is 0 Å². The van der Waals surface area contributed by atoms with E-state index < -0.39 is 0 Å². The Labute approximate surface area is 124 Å². The summed E-state index contributed by atoms with van der Waals surface area (Å²) in [4.78, 5) is 18.5. The molecule has 2 atom stereocenters. The van der Waals surface area contributed by atoms with E-state index in [0.29, 0.717) is 19.7 Å². The van der Waals surface area contributed by atoms with Gasteiger partial charge in [-0.25, -0.2) is 9.78 Å². The van der Waals surface area contributed by atoms with Gasteiger partial charge in [-0.2, -0.15) is 0 Å². The average Bonchev–Trinajstić information content (AvgIpc) is 2.98. The number of urea groups is 1. The van der Waals surface area contributed by atoms with Crippen molar-refractivity contribution in [2.75, 3.05) is 19.7 Å². The largest absolute Gasteiger partial charge is 0.372 e. The van der Waals surface area contributed by atoms with Gasteiger partial charge in [0, 0.05) is 18.1 Å². The Kier molecular flexibility index (Phi) is 4.99. The lowest BCUT2D eigenvalue weighted by Crippen LogP contribution is -2.54. The zero-order valence-electron chi connectivity index (χ0n) is 12.4. The lowest BCUT2D eigenvalue weighted by molar-refractivity contribution is -0.0874. The third-order valence-electron chi connectivity index (χ3n) is 3.83. The van der Waals surface area contributed by atoms with Gasteiger partial charge in [0.05, 0.1) is 24.8 Å². The van der Waals surface area contributed by atoms with Gasteiger partial charge in [-0.1, -0.05) is 13.8 Å². The number of nitrogens with one attached hydrogen (secondary N) is 1. The van der Waals surface area contributed by atoms with E-state index in [1.165, 1.54) is 0 Å². The third kappa shape index (κ3) is 3.49. The first kappa shape index (κ1) is 15.3. The number of nitrogens with zero attached hydrogens (tertiary/aromatic N) is 2. The van der Waals surface area contributed by atoms with Crippen molar-refractivity contribution in [1.29, 1.82) is 0 Å². The highest BCUT2D eigenvalue weighted by molar-refractivity contribution is 7.09. The SMILES string of the molecule is CC[C@H](NC(=O)N1CCO[C@@](C)(CC)C1)c1nccs1. The van der Waals surface area contributed by atoms with E-state index in [1.54, 1.807) is 17.5 Å². The van der Waals surface area contributed by atoms with E-state index in [4.69, 9.17) is 4.74 Å². The summed E-state index contributed by atoms with van der Waals surface area (Å²) in [7, 11) is 0. The lowest BCUT2D eigenvalue weighted by Gasteiger charge is -2.40. The molecule has 0 aliphatic carbocycles. The summed E-state index contributed by atoms with van der Waals surface area (Å²) < 4.78 is 5.77. The molecular formula is C14H23N3O2S. The number of carbonyl (C=O) groups excluding carboxylic acids is 1. The molecule has 2 amide bonds. The molecule has 1 N–H and O–H groups in total. The Balaban J connectivity index is 1.97. The van der Waals surface area contributed by atoms with E-state index in [0.717, 1.165) is 17.8 Å². The molecule has 0 bridgehead atoms. The first-order valence-corrected chi connectivity index (χ1v) is 8.04. The van der Waals surface area contributed by atoms with Gasteiger partial charge in [-0.3, -0.25) is 0 Å². The Morgan fingerprint density at radius 1 is 1.65 bits per heavy atom. The Morgan fingerprint density at radius 2 is 2.45 bits per heavy atom. The Bertz CT molecular complexity index is 438. The van der Waals surface area contributed by atoms with Crippen molar-refractivity contribution >= 4 is 17.4 Å². The summed E-state index contributed by atoms with van der Waals surface area (Å²) in [6.07, 6.45) is 3.52. The summed E-state index contributed by atoms with van der Waals surface area (Å²) >= 11 is 1.58. The minimum atomic E-state index is -0.224. The molecule has 6 heteroatoms. The molecular weight excluding hydrogens is 274 g/mol. The van der Waals surface area contributed by atoms with E-state index in [1.807, 2.05) is 10.3 Å². The van der Waals surface area contributed by atoms with Gasteiger partial charge in [-0.05, 0) is 19.8 Å². The molecule has 20 heavy (non-hydrogen) atoms. The maximum atomic E-state index is 12.4. The monoisotopic (exact) mass is 297 g/mol. The van der Waals surface area contributed by atoms with Crippen LogP contribution in [0.1, 0.15) is 44.7 Å². The molecule has 0 spiro atoms. The molecule has 2 heterocycles. The van der Waals surface area contributed by atoms with Gasteiger partial charge < -0.3 is 15.0 Å². The van der Waals surface area contributed by atoms with Gasteiger partial charge in [0.1, 0.15) is 5.01 Å². The molecule has 1 saturated heterocycles.